The molecule has 0 N–H and O–H groups in total. The molecule has 0 bridgehead atoms. The third-order valence-electron chi connectivity index (χ3n) is 3.62. The molecule has 0 fully saturated rings. The van der Waals surface area contributed by atoms with E-state index in [9.17, 15) is 19.3 Å². The predicted molar refractivity (Wildman–Crippen MR) is 101 cm³/mol. The van der Waals surface area contributed by atoms with Crippen molar-refractivity contribution in [2.75, 3.05) is 0 Å². The topological polar surface area (TPSA) is 77.5 Å². The molecule has 3 rings (SSSR count). The van der Waals surface area contributed by atoms with Crippen LogP contribution in [0.15, 0.2) is 53.5 Å². The van der Waals surface area contributed by atoms with Crippen molar-refractivity contribution < 1.29 is 14.1 Å². The van der Waals surface area contributed by atoms with Crippen LogP contribution in [0.3, 0.4) is 0 Å². The molecular weight excluding hydrogens is 369 g/mol. The molecule has 0 saturated carbocycles. The summed E-state index contributed by atoms with van der Waals surface area (Å²) in [6, 6.07) is 10.0. The van der Waals surface area contributed by atoms with Crippen LogP contribution in [0.5, 0.6) is 0 Å². The van der Waals surface area contributed by atoms with Crippen molar-refractivity contribution >= 4 is 39.2 Å². The SMILES string of the molecule is C#CCn1c(=NC(=O)/C=C\c2ccc([N+](=O)[O-])cc2)sc2cc(F)ccc21. The summed E-state index contributed by atoms with van der Waals surface area (Å²) in [6.45, 7) is 0.198. The summed E-state index contributed by atoms with van der Waals surface area (Å²) in [4.78, 5) is 26.7. The van der Waals surface area contributed by atoms with Crippen LogP contribution in [-0.2, 0) is 11.3 Å². The van der Waals surface area contributed by atoms with Gasteiger partial charge in [0.05, 0.1) is 21.7 Å². The number of aromatic nitrogens is 1. The normalized spacial score (nSPS) is 11.8. The highest BCUT2D eigenvalue weighted by molar-refractivity contribution is 7.16. The van der Waals surface area contributed by atoms with E-state index in [1.807, 2.05) is 0 Å². The highest BCUT2D eigenvalue weighted by Crippen LogP contribution is 2.18. The minimum absolute atomic E-state index is 0.0315. The third kappa shape index (κ3) is 4.16. The van der Waals surface area contributed by atoms with Crippen molar-refractivity contribution in [2.24, 2.45) is 4.99 Å². The van der Waals surface area contributed by atoms with Gasteiger partial charge in [0.2, 0.25) is 0 Å². The Bertz CT molecular complexity index is 1170. The van der Waals surface area contributed by atoms with E-state index >= 15 is 0 Å². The highest BCUT2D eigenvalue weighted by atomic mass is 32.1. The van der Waals surface area contributed by atoms with Crippen LogP contribution in [0, 0.1) is 28.3 Å². The lowest BCUT2D eigenvalue weighted by atomic mass is 10.2. The molecule has 0 spiro atoms. The Kier molecular flexibility index (Phi) is 5.24. The van der Waals surface area contributed by atoms with Gasteiger partial charge in [-0.2, -0.15) is 4.99 Å². The van der Waals surface area contributed by atoms with Crippen LogP contribution in [0.2, 0.25) is 0 Å². The maximum absolute atomic E-state index is 13.4. The number of thiazole rings is 1. The molecule has 8 heteroatoms. The molecule has 2 aromatic carbocycles. The number of fused-ring (bicyclic) bond motifs is 1. The third-order valence-corrected chi connectivity index (χ3v) is 4.66. The fourth-order valence-electron chi connectivity index (χ4n) is 2.38. The molecule has 0 saturated heterocycles. The van der Waals surface area contributed by atoms with E-state index in [1.54, 1.807) is 10.6 Å². The van der Waals surface area contributed by atoms with E-state index in [4.69, 9.17) is 6.42 Å². The summed E-state index contributed by atoms with van der Waals surface area (Å²) in [5.41, 5.74) is 1.29. The number of non-ortho nitro benzene ring substituents is 1. The quantitative estimate of drug-likeness (QED) is 0.300. The molecule has 6 nitrogen and oxygen atoms in total. The number of terminal acetylenes is 1. The molecule has 27 heavy (non-hydrogen) atoms. The molecule has 0 atom stereocenters. The van der Waals surface area contributed by atoms with Crippen molar-refractivity contribution in [2.45, 2.75) is 6.54 Å². The number of hydrogen-bond acceptors (Lipinski definition) is 4. The van der Waals surface area contributed by atoms with Gasteiger partial charge in [0, 0.05) is 18.2 Å². The van der Waals surface area contributed by atoms with Crippen LogP contribution in [0.25, 0.3) is 16.3 Å². The molecule has 0 radical (unpaired) electrons. The smallest absolute Gasteiger partial charge is 0.272 e. The lowest BCUT2D eigenvalue weighted by Gasteiger charge is -1.98. The fraction of sp³-hybridized carbons (Fsp3) is 0.0526. The number of carbonyl (C=O) groups excluding carboxylic acids is 1. The Morgan fingerprint density at radius 3 is 2.74 bits per heavy atom. The van der Waals surface area contributed by atoms with Gasteiger partial charge in [-0.25, -0.2) is 4.39 Å². The molecule has 134 valence electrons. The summed E-state index contributed by atoms with van der Waals surface area (Å²) in [6.07, 6.45) is 8.14. The number of nitro groups is 1. The second kappa shape index (κ2) is 7.76. The fourth-order valence-corrected chi connectivity index (χ4v) is 3.44. The van der Waals surface area contributed by atoms with E-state index in [0.717, 1.165) is 11.3 Å². The van der Waals surface area contributed by atoms with Crippen LogP contribution >= 0.6 is 11.3 Å². The lowest BCUT2D eigenvalue weighted by Crippen LogP contribution is -2.15. The number of carbonyl (C=O) groups is 1. The van der Waals surface area contributed by atoms with Gasteiger partial charge in [-0.15, -0.1) is 6.42 Å². The molecular formula is C19H12FN3O3S. The maximum Gasteiger partial charge on any atom is 0.272 e. The van der Waals surface area contributed by atoms with Crippen LogP contribution < -0.4 is 4.80 Å². The Hall–Kier alpha value is -3.57. The van der Waals surface area contributed by atoms with Crippen molar-refractivity contribution in [3.8, 4) is 12.3 Å². The Morgan fingerprint density at radius 2 is 2.07 bits per heavy atom. The first-order chi connectivity index (χ1) is 13.0. The Balaban J connectivity index is 1.91. The average molecular weight is 381 g/mol. The van der Waals surface area contributed by atoms with Crippen molar-refractivity contribution in [1.82, 2.24) is 4.57 Å². The largest absolute Gasteiger partial charge is 0.305 e. The van der Waals surface area contributed by atoms with Crippen molar-refractivity contribution in [3.63, 3.8) is 0 Å². The summed E-state index contributed by atoms with van der Waals surface area (Å²) >= 11 is 1.16. The first-order valence-electron chi connectivity index (χ1n) is 7.71. The molecule has 1 heterocycles. The molecule has 0 unspecified atom stereocenters. The number of nitrogens with zero attached hydrogens (tertiary/aromatic N) is 3. The van der Waals surface area contributed by atoms with Crippen LogP contribution in [0.1, 0.15) is 5.56 Å². The van der Waals surface area contributed by atoms with Gasteiger partial charge in [0.25, 0.3) is 11.6 Å². The average Bonchev–Trinajstić information content (AvgIpc) is 2.97. The molecule has 1 aromatic heterocycles. The van der Waals surface area contributed by atoms with Gasteiger partial charge >= 0.3 is 0 Å². The van der Waals surface area contributed by atoms with Gasteiger partial charge in [-0.1, -0.05) is 17.3 Å². The molecule has 0 aliphatic carbocycles. The number of nitro benzene ring substituents is 1. The van der Waals surface area contributed by atoms with E-state index < -0.39 is 10.8 Å². The number of benzene rings is 2. The lowest BCUT2D eigenvalue weighted by molar-refractivity contribution is -0.384. The monoisotopic (exact) mass is 381 g/mol. The molecule has 1 amide bonds. The van der Waals surface area contributed by atoms with Crippen LogP contribution in [0.4, 0.5) is 10.1 Å². The van der Waals surface area contributed by atoms with Gasteiger partial charge in [0.15, 0.2) is 4.80 Å². The zero-order chi connectivity index (χ0) is 19.4. The Labute approximate surface area is 157 Å². The minimum Gasteiger partial charge on any atom is -0.305 e. The number of rotatable bonds is 4. The van der Waals surface area contributed by atoms with Crippen molar-refractivity contribution in [1.29, 1.82) is 0 Å². The van der Waals surface area contributed by atoms with Crippen LogP contribution in [-0.4, -0.2) is 15.4 Å². The summed E-state index contributed by atoms with van der Waals surface area (Å²) in [5, 5.41) is 10.6. The van der Waals surface area contributed by atoms with Gasteiger partial charge in [-0.05, 0) is 42.0 Å². The zero-order valence-electron chi connectivity index (χ0n) is 13.8. The number of hydrogen-bond donors (Lipinski definition) is 0. The second-order valence-corrected chi connectivity index (χ2v) is 6.43. The minimum atomic E-state index is -0.522. The highest BCUT2D eigenvalue weighted by Gasteiger charge is 2.07. The number of amides is 1. The second-order valence-electron chi connectivity index (χ2n) is 5.42. The molecule has 0 aliphatic heterocycles. The van der Waals surface area contributed by atoms with E-state index in [-0.39, 0.29) is 18.0 Å². The molecule has 0 aliphatic rings. The number of halogens is 1. The summed E-state index contributed by atoms with van der Waals surface area (Å²) < 4.78 is 15.7. The predicted octanol–water partition coefficient (Wildman–Crippen LogP) is 3.52. The van der Waals surface area contributed by atoms with Crippen molar-refractivity contribution in [3.05, 3.63) is 74.8 Å². The van der Waals surface area contributed by atoms with Gasteiger partial charge in [0.1, 0.15) is 5.82 Å². The molecule has 3 aromatic rings. The van der Waals surface area contributed by atoms with E-state index in [0.29, 0.717) is 20.6 Å². The standard InChI is InChI=1S/C19H12FN3O3S/c1-2-11-22-16-9-6-14(20)12-17(16)27-19(22)21-18(24)10-5-13-3-7-15(8-4-13)23(25)26/h1,3-10,12H,11H2/b10-5-,21-19?. The van der Waals surface area contributed by atoms with E-state index in [2.05, 4.69) is 10.9 Å². The zero-order valence-corrected chi connectivity index (χ0v) is 14.6. The summed E-state index contributed by atoms with van der Waals surface area (Å²) in [5.74, 6) is 1.59. The van der Waals surface area contributed by atoms with E-state index in [1.165, 1.54) is 48.6 Å². The van der Waals surface area contributed by atoms with Gasteiger partial charge < -0.3 is 4.57 Å². The first-order valence-corrected chi connectivity index (χ1v) is 8.53. The Morgan fingerprint density at radius 1 is 1.33 bits per heavy atom. The van der Waals surface area contributed by atoms with Gasteiger partial charge in [-0.3, -0.25) is 14.9 Å². The summed E-state index contributed by atoms with van der Waals surface area (Å²) in [7, 11) is 0. The first kappa shape index (κ1) is 18.2. The maximum atomic E-state index is 13.4.